The van der Waals surface area contributed by atoms with E-state index in [0.29, 0.717) is 12.5 Å². The molecule has 0 aliphatic rings. The number of ether oxygens (including phenoxy) is 1. The molecule has 0 aliphatic heterocycles. The molecule has 5 heteroatoms. The second kappa shape index (κ2) is 5.85. The third kappa shape index (κ3) is 2.81. The number of alkyl halides is 1. The highest BCUT2D eigenvalue weighted by Crippen LogP contribution is 2.27. The lowest BCUT2D eigenvalue weighted by Crippen LogP contribution is -1.96. The predicted octanol–water partition coefficient (Wildman–Crippen LogP) is 4.41. The Bertz CT molecular complexity index is 709. The quantitative estimate of drug-likeness (QED) is 0.651. The van der Waals surface area contributed by atoms with Crippen LogP contribution in [0.25, 0.3) is 5.65 Å². The van der Waals surface area contributed by atoms with Crippen molar-refractivity contribution in [3.8, 4) is 5.75 Å². The second-order valence-corrected chi connectivity index (χ2v) is 5.51. The van der Waals surface area contributed by atoms with Gasteiger partial charge in [-0.05, 0) is 45.8 Å². The molecule has 0 unspecified atom stereocenters. The summed E-state index contributed by atoms with van der Waals surface area (Å²) in [5.74, 6) is 1.28. The highest BCUT2D eigenvalue weighted by Gasteiger charge is 2.05. The number of pyridine rings is 1. The Kier molecular flexibility index (Phi) is 3.94. The number of hydrogen-bond donors (Lipinski definition) is 0. The molecular weight excluding hydrogens is 340 g/mol. The van der Waals surface area contributed by atoms with E-state index in [2.05, 4.69) is 20.9 Å². The summed E-state index contributed by atoms with van der Waals surface area (Å²) in [5.41, 5.74) is 2.87. The summed E-state index contributed by atoms with van der Waals surface area (Å²) in [7, 11) is 0. The van der Waals surface area contributed by atoms with Crippen LogP contribution in [0.5, 0.6) is 5.75 Å². The first-order valence-electron chi connectivity index (χ1n) is 6.16. The number of halogens is 2. The van der Waals surface area contributed by atoms with Crippen molar-refractivity contribution in [2.24, 2.45) is 0 Å². The number of imidazole rings is 1. The lowest BCUT2D eigenvalue weighted by atomic mass is 10.2. The molecular formula is C15H12BrClN2O. The van der Waals surface area contributed by atoms with Gasteiger partial charge in [0.15, 0.2) is 0 Å². The van der Waals surface area contributed by atoms with Gasteiger partial charge in [-0.3, -0.25) is 0 Å². The van der Waals surface area contributed by atoms with E-state index in [4.69, 9.17) is 16.3 Å². The van der Waals surface area contributed by atoms with E-state index in [1.54, 1.807) is 0 Å². The molecule has 102 valence electrons. The fourth-order valence-electron chi connectivity index (χ4n) is 1.95. The van der Waals surface area contributed by atoms with Crippen LogP contribution in [0.4, 0.5) is 0 Å². The van der Waals surface area contributed by atoms with Gasteiger partial charge in [-0.2, -0.15) is 0 Å². The van der Waals surface area contributed by atoms with Gasteiger partial charge < -0.3 is 9.14 Å². The second-order valence-electron chi connectivity index (χ2n) is 4.39. The number of hydrogen-bond acceptors (Lipinski definition) is 2. The zero-order chi connectivity index (χ0) is 13.9. The highest BCUT2D eigenvalue weighted by molar-refractivity contribution is 9.10. The van der Waals surface area contributed by atoms with Crippen molar-refractivity contribution in [1.29, 1.82) is 0 Å². The first kappa shape index (κ1) is 13.5. The maximum atomic E-state index is 5.79. The Morgan fingerprint density at radius 3 is 2.90 bits per heavy atom. The molecule has 3 rings (SSSR count). The zero-order valence-corrected chi connectivity index (χ0v) is 12.9. The average Bonchev–Trinajstić information content (AvgIpc) is 2.88. The van der Waals surface area contributed by atoms with Gasteiger partial charge in [0.2, 0.25) is 0 Å². The predicted molar refractivity (Wildman–Crippen MR) is 83.2 cm³/mol. The Balaban J connectivity index is 1.75. The van der Waals surface area contributed by atoms with Gasteiger partial charge in [0, 0.05) is 18.3 Å². The summed E-state index contributed by atoms with van der Waals surface area (Å²) in [6, 6.07) is 11.7. The average molecular weight is 352 g/mol. The first-order chi connectivity index (χ1) is 9.76. The van der Waals surface area contributed by atoms with Gasteiger partial charge in [0.1, 0.15) is 18.0 Å². The van der Waals surface area contributed by atoms with Gasteiger partial charge in [0.25, 0.3) is 0 Å². The van der Waals surface area contributed by atoms with Crippen LogP contribution >= 0.6 is 27.5 Å². The fourth-order valence-corrected chi connectivity index (χ4v) is 2.66. The van der Waals surface area contributed by atoms with Gasteiger partial charge in [-0.15, -0.1) is 11.6 Å². The van der Waals surface area contributed by atoms with E-state index in [-0.39, 0.29) is 0 Å². The van der Waals surface area contributed by atoms with Crippen LogP contribution in [0, 0.1) is 0 Å². The Morgan fingerprint density at radius 1 is 1.25 bits per heavy atom. The molecule has 20 heavy (non-hydrogen) atoms. The molecule has 0 bridgehead atoms. The maximum absolute atomic E-state index is 5.79. The van der Waals surface area contributed by atoms with Crippen molar-refractivity contribution in [3.05, 3.63) is 64.5 Å². The van der Waals surface area contributed by atoms with Crippen molar-refractivity contribution in [2.75, 3.05) is 0 Å². The number of nitrogens with zero attached hydrogens (tertiary/aromatic N) is 2. The molecule has 2 aromatic heterocycles. The third-order valence-corrected chi connectivity index (χ3v) is 3.87. The van der Waals surface area contributed by atoms with E-state index in [1.807, 2.05) is 53.2 Å². The number of rotatable bonds is 4. The third-order valence-electron chi connectivity index (χ3n) is 2.94. The van der Waals surface area contributed by atoms with Crippen molar-refractivity contribution in [2.45, 2.75) is 12.5 Å². The van der Waals surface area contributed by atoms with Crippen molar-refractivity contribution < 1.29 is 4.74 Å². The minimum atomic E-state index is 0.431. The number of fused-ring (bicyclic) bond motifs is 1. The largest absolute Gasteiger partial charge is 0.486 e. The van der Waals surface area contributed by atoms with Crippen molar-refractivity contribution in [1.82, 2.24) is 9.38 Å². The van der Waals surface area contributed by atoms with Gasteiger partial charge in [0.05, 0.1) is 10.2 Å². The molecule has 2 heterocycles. The van der Waals surface area contributed by atoms with Crippen LogP contribution in [0.15, 0.2) is 53.3 Å². The number of benzene rings is 1. The lowest BCUT2D eigenvalue weighted by Gasteiger charge is -2.07. The van der Waals surface area contributed by atoms with E-state index < -0.39 is 0 Å². The Hall–Kier alpha value is -1.52. The van der Waals surface area contributed by atoms with Crippen LogP contribution in [-0.4, -0.2) is 9.38 Å². The standard InChI is InChI=1S/C15H12BrClN2O/c16-13-7-11(8-17)4-5-14(13)20-10-12-9-19-6-2-1-3-15(19)18-12/h1-7,9H,8,10H2. The SMILES string of the molecule is ClCc1ccc(OCc2cn3ccccc3n2)c(Br)c1. The molecule has 0 radical (unpaired) electrons. The summed E-state index contributed by atoms with van der Waals surface area (Å²) in [6.07, 6.45) is 3.94. The number of aromatic nitrogens is 2. The van der Waals surface area contributed by atoms with Crippen LogP contribution in [-0.2, 0) is 12.5 Å². The van der Waals surface area contributed by atoms with E-state index in [1.165, 1.54) is 0 Å². The van der Waals surface area contributed by atoms with Crippen LogP contribution in [0.2, 0.25) is 0 Å². The minimum Gasteiger partial charge on any atom is -0.486 e. The maximum Gasteiger partial charge on any atom is 0.137 e. The monoisotopic (exact) mass is 350 g/mol. The van der Waals surface area contributed by atoms with E-state index in [0.717, 1.165) is 27.1 Å². The summed E-state index contributed by atoms with van der Waals surface area (Å²) in [4.78, 5) is 4.49. The Labute approximate surface area is 130 Å². The summed E-state index contributed by atoms with van der Waals surface area (Å²) in [5, 5.41) is 0. The molecule has 1 aromatic carbocycles. The van der Waals surface area contributed by atoms with Crippen LogP contribution in [0.3, 0.4) is 0 Å². The first-order valence-corrected chi connectivity index (χ1v) is 7.49. The van der Waals surface area contributed by atoms with E-state index in [9.17, 15) is 0 Å². The van der Waals surface area contributed by atoms with Crippen LogP contribution < -0.4 is 4.74 Å². The topological polar surface area (TPSA) is 26.5 Å². The molecule has 0 saturated carbocycles. The summed E-state index contributed by atoms with van der Waals surface area (Å²) >= 11 is 9.28. The van der Waals surface area contributed by atoms with Crippen molar-refractivity contribution in [3.63, 3.8) is 0 Å². The molecule has 0 spiro atoms. The molecule has 0 amide bonds. The van der Waals surface area contributed by atoms with Gasteiger partial charge in [-0.25, -0.2) is 4.98 Å². The summed E-state index contributed by atoms with van der Waals surface area (Å²) < 4.78 is 8.66. The molecule has 3 aromatic rings. The highest BCUT2D eigenvalue weighted by atomic mass is 79.9. The fraction of sp³-hybridized carbons (Fsp3) is 0.133. The molecule has 0 saturated heterocycles. The van der Waals surface area contributed by atoms with Gasteiger partial charge in [-0.1, -0.05) is 12.1 Å². The molecule has 3 nitrogen and oxygen atoms in total. The minimum absolute atomic E-state index is 0.431. The molecule has 0 fully saturated rings. The van der Waals surface area contributed by atoms with E-state index >= 15 is 0 Å². The van der Waals surface area contributed by atoms with Gasteiger partial charge >= 0.3 is 0 Å². The zero-order valence-electron chi connectivity index (χ0n) is 10.6. The Morgan fingerprint density at radius 2 is 2.15 bits per heavy atom. The normalized spacial score (nSPS) is 10.9. The molecule has 0 atom stereocenters. The van der Waals surface area contributed by atoms with Crippen LogP contribution in [0.1, 0.15) is 11.3 Å². The molecule has 0 N–H and O–H groups in total. The molecule has 0 aliphatic carbocycles. The summed E-state index contributed by atoms with van der Waals surface area (Å²) in [6.45, 7) is 0.431. The lowest BCUT2D eigenvalue weighted by molar-refractivity contribution is 0.300. The smallest absolute Gasteiger partial charge is 0.137 e. The van der Waals surface area contributed by atoms with Crippen molar-refractivity contribution >= 4 is 33.2 Å².